The van der Waals surface area contributed by atoms with Gasteiger partial charge in [0, 0.05) is 111 Å². The van der Waals surface area contributed by atoms with Crippen molar-refractivity contribution in [3.63, 3.8) is 0 Å². The summed E-state index contributed by atoms with van der Waals surface area (Å²) < 4.78 is 87.7. The maximum absolute atomic E-state index is 13.2. The van der Waals surface area contributed by atoms with Crippen LogP contribution in [0.5, 0.6) is 34.5 Å². The predicted molar refractivity (Wildman–Crippen MR) is 596 cm³/mol. The minimum absolute atomic E-state index is 0.208. The average molecular weight is 2220 g/mol. The first-order chi connectivity index (χ1) is 72.9. The second-order valence-corrected chi connectivity index (χ2v) is 47.7. The van der Waals surface area contributed by atoms with E-state index < -0.39 is 26.2 Å². The lowest BCUT2D eigenvalue weighted by molar-refractivity contribution is 0.0941. The fraction of sp³-hybridized carbons (Fsp3) is 0.385. The van der Waals surface area contributed by atoms with Gasteiger partial charge < -0.3 is 70.5 Å². The molecule has 2 fully saturated rings. The van der Waals surface area contributed by atoms with Crippen molar-refractivity contribution in [1.82, 2.24) is 68.9 Å². The van der Waals surface area contributed by atoms with Gasteiger partial charge in [0.25, 0.3) is 0 Å². The van der Waals surface area contributed by atoms with Crippen LogP contribution in [0.25, 0.3) is 40.9 Å². The second-order valence-electron chi connectivity index (χ2n) is 37.9. The Bertz CT molecular complexity index is 7680. The van der Waals surface area contributed by atoms with Crippen LogP contribution in [0, 0.1) is 18.3 Å². The molecule has 3 aliphatic heterocycles. The highest BCUT2D eigenvalue weighted by atomic mass is 35.5. The number of ether oxygens (including phenoxy) is 6. The Kier molecular flexibility index (Phi) is 35.3. The molecule has 0 bridgehead atoms. The number of thiophene rings is 4. The van der Waals surface area contributed by atoms with Crippen molar-refractivity contribution in [2.24, 2.45) is 0 Å². The number of halogens is 4. The number of nitrogens with zero attached hydrogens (tertiary/aromatic N) is 13. The fourth-order valence-corrected chi connectivity index (χ4v) is 28.9. The van der Waals surface area contributed by atoms with Crippen LogP contribution in [0.3, 0.4) is 0 Å². The number of benzene rings is 7. The molecule has 22 rings (SSSR count). The van der Waals surface area contributed by atoms with Gasteiger partial charge in [0.1, 0.15) is 88.9 Å². The standard InChI is InChI=1S/C30H31ClN6O3S2.C30H34ClN5O3S2.C27H27ClN4O3S.C22H27ClN4O3S/c1-40-25-11-8-21(16-24(25)31)18-33-29-28-23-4-2-3-5-26(23)41-30(28)35-27(34-29)19-36-12-14-37(15-13-36)42(38,39)22-9-6-20(17-32)7-10-22;1-20-7-10-22(11-8-20)41(37,38)36-15-13-35(14-16-36)19-27-33-29(32-18-21-9-12-25(39-2)24(31)17-21)28-23-5-3-4-6-26(23)40-30(28)34-27;1-33-20-8-6-16(10-19(20)28)13-30-26-25-18-4-2-3-5-23(18)36-27(25)32-24(31-26)14-29-12-17-7-9-21-22(11-17)35-15-34-21;1-30-17-7-6-13(8-16(17)23)9-25-21-20-15-4-2-3-5-18(15)31-22(20)27-19(26-21)11-24-10-14(29)12-28/h6-11,16H,2-5,12-15,18-19H2,1H3,(H,33,34,35);7-12,17H,3-6,13-16,18-19H2,1-2H3,(H,32,33,34);6-11,29H,2-5,12-15H2,1H3,(H,30,31,32);6-8,14,24,28-29H,2-5,9-12H2,1H3,(H,25,26,27). The van der Waals surface area contributed by atoms with E-state index in [0.717, 1.165) is 172 Å². The summed E-state index contributed by atoms with van der Waals surface area (Å²) in [5, 5.41) is 55.3. The Hall–Kier alpha value is -11.1. The van der Waals surface area contributed by atoms with E-state index in [2.05, 4.69) is 41.7 Å². The Labute approximate surface area is 908 Å². The van der Waals surface area contributed by atoms with Gasteiger partial charge in [-0.3, -0.25) is 9.80 Å². The Morgan fingerprint density at radius 3 is 1.06 bits per heavy atom. The van der Waals surface area contributed by atoms with Gasteiger partial charge in [-0.2, -0.15) is 13.9 Å². The molecular formula is C109H119Cl4N19O12S6. The zero-order valence-corrected chi connectivity index (χ0v) is 92.0. The number of hydrogen-bond acceptors (Lipinski definition) is 33. The van der Waals surface area contributed by atoms with Gasteiger partial charge in [-0.1, -0.05) is 94.4 Å². The molecule has 15 aromatic rings. The zero-order valence-electron chi connectivity index (χ0n) is 84.1. The molecule has 11 heterocycles. The summed E-state index contributed by atoms with van der Waals surface area (Å²) >= 11 is 32.5. The van der Waals surface area contributed by atoms with Gasteiger partial charge in [-0.15, -0.1) is 45.3 Å². The number of aromatic nitrogens is 8. The molecule has 0 radical (unpaired) electrons. The molecule has 0 amide bonds. The molecule has 31 nitrogen and oxygen atoms in total. The number of nitriles is 1. The number of methoxy groups -OCH3 is 4. The van der Waals surface area contributed by atoms with Crippen molar-refractivity contribution in [3.8, 4) is 40.6 Å². The summed E-state index contributed by atoms with van der Waals surface area (Å²) in [5.41, 5.74) is 12.3. The summed E-state index contributed by atoms with van der Waals surface area (Å²) in [7, 11) is -0.684. The molecule has 8 aromatic heterocycles. The number of aliphatic hydroxyl groups excluding tert-OH is 2. The van der Waals surface area contributed by atoms with Crippen molar-refractivity contribution in [3.05, 3.63) is 264 Å². The number of hydrogen-bond donors (Lipinski definition) is 8. The number of aliphatic hydroxyl groups is 2. The third-order valence-electron chi connectivity index (χ3n) is 27.7. The van der Waals surface area contributed by atoms with Crippen molar-refractivity contribution in [2.75, 3.05) is 122 Å². The van der Waals surface area contributed by atoms with Crippen LogP contribution in [-0.4, -0.2) is 192 Å². The number of rotatable bonds is 33. The van der Waals surface area contributed by atoms with E-state index in [-0.39, 0.29) is 24.8 Å². The molecule has 0 spiro atoms. The van der Waals surface area contributed by atoms with E-state index in [4.69, 9.17) is 125 Å². The molecule has 4 aliphatic carbocycles. The van der Waals surface area contributed by atoms with E-state index in [1.54, 1.807) is 78.9 Å². The molecule has 1 unspecified atom stereocenters. The largest absolute Gasteiger partial charge is 0.495 e. The first-order valence-electron chi connectivity index (χ1n) is 50.5. The van der Waals surface area contributed by atoms with E-state index >= 15 is 0 Å². The maximum Gasteiger partial charge on any atom is 0.243 e. The van der Waals surface area contributed by atoms with Crippen LogP contribution in [0.4, 0.5) is 23.3 Å². The molecule has 0 saturated carbocycles. The fourth-order valence-electron chi connectivity index (χ4n) is 19.8. The average Bonchev–Trinajstić information content (AvgIpc) is 1.63. The van der Waals surface area contributed by atoms with Crippen LogP contribution in [0.15, 0.2) is 149 Å². The minimum atomic E-state index is -3.62. The van der Waals surface area contributed by atoms with Crippen LogP contribution in [0.2, 0.25) is 20.1 Å². The molecule has 7 aromatic carbocycles. The van der Waals surface area contributed by atoms with Crippen LogP contribution < -0.4 is 60.3 Å². The summed E-state index contributed by atoms with van der Waals surface area (Å²) in [6.45, 7) is 11.4. The summed E-state index contributed by atoms with van der Waals surface area (Å²) in [6.07, 6.45) is 17.5. The molecule has 1 atom stereocenters. The quantitative estimate of drug-likeness (QED) is 0.0189. The highest BCUT2D eigenvalue weighted by Gasteiger charge is 2.34. The van der Waals surface area contributed by atoms with Crippen LogP contribution in [-0.2, 0) is 130 Å². The minimum Gasteiger partial charge on any atom is -0.495 e. The van der Waals surface area contributed by atoms with Crippen LogP contribution in [0.1, 0.15) is 155 Å². The summed E-state index contributed by atoms with van der Waals surface area (Å²) in [5.74, 6) is 10.5. The number of aryl methyl sites for hydroxylation is 9. The summed E-state index contributed by atoms with van der Waals surface area (Å²) in [4.78, 5) is 54.3. The van der Waals surface area contributed by atoms with Gasteiger partial charge in [0.15, 0.2) is 11.5 Å². The van der Waals surface area contributed by atoms with Gasteiger partial charge in [-0.05, 0) is 257 Å². The third kappa shape index (κ3) is 25.3. The van der Waals surface area contributed by atoms with Crippen molar-refractivity contribution >= 4 is 176 Å². The number of nitrogens with one attached hydrogen (secondary N) is 6. The lowest BCUT2D eigenvalue weighted by Gasteiger charge is -2.33. The van der Waals surface area contributed by atoms with Crippen molar-refractivity contribution in [2.45, 2.75) is 184 Å². The number of piperazine rings is 2. The van der Waals surface area contributed by atoms with E-state index in [9.17, 15) is 21.9 Å². The lowest BCUT2D eigenvalue weighted by atomic mass is 9.97. The SMILES string of the molecule is COc1ccc(CNc2nc(CN3CCN(S(=O)(=O)c4ccc(C#N)cc4)CC3)nc3sc4c(c23)CCCC4)cc1Cl.COc1ccc(CNc2nc(CN3CCN(S(=O)(=O)c4ccc(C)cc4)CC3)nc3sc4c(c23)CCCC4)cc1Cl.COc1ccc(CNc2nc(CNCC(O)CO)nc3sc4c(c23)CCCC4)cc1Cl.COc1ccc(CNc2nc(CNCc3ccc4c(c3)OCO4)nc3sc4c(c23)CCCC4)cc1Cl. The number of sulfonamides is 2. The second kappa shape index (κ2) is 49.3. The van der Waals surface area contributed by atoms with Crippen molar-refractivity contribution in [1.29, 1.82) is 5.26 Å². The van der Waals surface area contributed by atoms with Gasteiger partial charge in [-0.25, -0.2) is 56.7 Å². The number of fused-ring (bicyclic) bond motifs is 13. The molecule has 786 valence electrons. The Morgan fingerprint density at radius 1 is 0.393 bits per heavy atom. The van der Waals surface area contributed by atoms with E-state index in [1.165, 1.54) is 127 Å². The first kappa shape index (κ1) is 107. The molecule has 41 heteroatoms. The highest BCUT2D eigenvalue weighted by molar-refractivity contribution is 7.89. The Balaban J connectivity index is 0.000000126. The topological polar surface area (TPSA) is 376 Å². The normalized spacial score (nSPS) is 15.5. The lowest BCUT2D eigenvalue weighted by Crippen LogP contribution is -2.48. The number of anilines is 4. The third-order valence-corrected chi connectivity index (χ3v) is 37.5. The Morgan fingerprint density at radius 2 is 0.713 bits per heavy atom. The molecule has 8 N–H and O–H groups in total. The highest BCUT2D eigenvalue weighted by Crippen LogP contribution is 2.46. The summed E-state index contributed by atoms with van der Waals surface area (Å²) in [6, 6.07) is 44.3. The van der Waals surface area contributed by atoms with Crippen LogP contribution >= 0.6 is 91.8 Å². The molecular weight excluding hydrogens is 2100 g/mol. The van der Waals surface area contributed by atoms with Crippen molar-refractivity contribution < 1.29 is 55.5 Å². The maximum atomic E-state index is 13.2. The molecule has 150 heavy (non-hydrogen) atoms. The predicted octanol–water partition coefficient (Wildman–Crippen LogP) is 20.0. The van der Waals surface area contributed by atoms with Gasteiger partial charge >= 0.3 is 0 Å². The molecule has 2 saturated heterocycles. The molecule has 7 aliphatic rings. The van der Waals surface area contributed by atoms with Gasteiger partial charge in [0.05, 0.1) is 130 Å². The van der Waals surface area contributed by atoms with Gasteiger partial charge in [0.2, 0.25) is 26.8 Å². The smallest absolute Gasteiger partial charge is 0.243 e. The van der Waals surface area contributed by atoms with E-state index in [0.29, 0.717) is 171 Å². The monoisotopic (exact) mass is 2220 g/mol. The zero-order chi connectivity index (χ0) is 104. The van der Waals surface area contributed by atoms with E-state index in [1.807, 2.05) is 127 Å². The first-order valence-corrected chi connectivity index (χ1v) is 58.2.